The molecule has 1 aromatic carbocycles. The van der Waals surface area contributed by atoms with Gasteiger partial charge < -0.3 is 10.6 Å². The van der Waals surface area contributed by atoms with E-state index in [-0.39, 0.29) is 29.9 Å². The SMILES string of the molecule is O=C(Cc1ccc(Cl)cc1)Nc1ccc(NC2CCS(=O)(=O)C2)nc1. The van der Waals surface area contributed by atoms with Crippen molar-refractivity contribution in [3.8, 4) is 0 Å². The average Bonchev–Trinajstić information content (AvgIpc) is 2.90. The molecule has 0 spiro atoms. The Labute approximate surface area is 151 Å². The van der Waals surface area contributed by atoms with Crippen LogP contribution in [-0.4, -0.2) is 36.9 Å². The zero-order valence-electron chi connectivity index (χ0n) is 13.4. The number of carbonyl (C=O) groups is 1. The van der Waals surface area contributed by atoms with Gasteiger partial charge in [0, 0.05) is 11.1 Å². The van der Waals surface area contributed by atoms with Crippen LogP contribution < -0.4 is 10.6 Å². The summed E-state index contributed by atoms with van der Waals surface area (Å²) < 4.78 is 22.9. The highest BCUT2D eigenvalue weighted by atomic mass is 35.5. The molecule has 1 unspecified atom stereocenters. The topological polar surface area (TPSA) is 88.2 Å². The highest BCUT2D eigenvalue weighted by molar-refractivity contribution is 7.91. The number of benzene rings is 1. The molecular formula is C17H18ClN3O3S. The van der Waals surface area contributed by atoms with Gasteiger partial charge in [-0.1, -0.05) is 23.7 Å². The minimum Gasteiger partial charge on any atom is -0.366 e. The van der Waals surface area contributed by atoms with Gasteiger partial charge in [0.2, 0.25) is 5.91 Å². The molecule has 25 heavy (non-hydrogen) atoms. The van der Waals surface area contributed by atoms with Gasteiger partial charge >= 0.3 is 0 Å². The zero-order chi connectivity index (χ0) is 17.9. The molecule has 1 aliphatic rings. The van der Waals surface area contributed by atoms with Gasteiger partial charge in [-0.15, -0.1) is 0 Å². The number of halogens is 1. The molecule has 1 aliphatic heterocycles. The van der Waals surface area contributed by atoms with Gasteiger partial charge in [-0.25, -0.2) is 13.4 Å². The zero-order valence-corrected chi connectivity index (χ0v) is 15.0. The molecule has 132 valence electrons. The third-order valence-corrected chi connectivity index (χ3v) is 5.93. The second kappa shape index (κ2) is 7.41. The van der Waals surface area contributed by atoms with Crippen LogP contribution in [0.3, 0.4) is 0 Å². The lowest BCUT2D eigenvalue weighted by atomic mass is 10.1. The van der Waals surface area contributed by atoms with Crippen LogP contribution in [0.25, 0.3) is 0 Å². The number of amides is 1. The summed E-state index contributed by atoms with van der Waals surface area (Å²) >= 11 is 5.82. The molecule has 0 bridgehead atoms. The first-order valence-electron chi connectivity index (χ1n) is 7.87. The molecule has 0 saturated carbocycles. The molecule has 6 nitrogen and oxygen atoms in total. The lowest BCUT2D eigenvalue weighted by molar-refractivity contribution is -0.115. The Morgan fingerprint density at radius 3 is 2.56 bits per heavy atom. The van der Waals surface area contributed by atoms with Crippen LogP contribution in [0.15, 0.2) is 42.6 Å². The summed E-state index contributed by atoms with van der Waals surface area (Å²) in [5, 5.41) is 6.52. The molecule has 2 aromatic rings. The third kappa shape index (κ3) is 5.17. The molecule has 1 aromatic heterocycles. The number of hydrogen-bond donors (Lipinski definition) is 2. The van der Waals surface area contributed by atoms with Crippen molar-refractivity contribution in [1.82, 2.24) is 4.98 Å². The van der Waals surface area contributed by atoms with E-state index in [1.165, 1.54) is 0 Å². The molecule has 2 heterocycles. The molecule has 0 radical (unpaired) electrons. The molecule has 1 saturated heterocycles. The first-order chi connectivity index (χ1) is 11.9. The van der Waals surface area contributed by atoms with E-state index < -0.39 is 9.84 Å². The number of nitrogens with zero attached hydrogens (tertiary/aromatic N) is 1. The van der Waals surface area contributed by atoms with Crippen molar-refractivity contribution in [1.29, 1.82) is 0 Å². The fraction of sp³-hybridized carbons (Fsp3) is 0.294. The number of pyridine rings is 1. The highest BCUT2D eigenvalue weighted by Gasteiger charge is 2.27. The second-order valence-corrected chi connectivity index (χ2v) is 8.69. The van der Waals surface area contributed by atoms with Gasteiger partial charge in [0.25, 0.3) is 0 Å². The number of anilines is 2. The maximum absolute atomic E-state index is 12.0. The Morgan fingerprint density at radius 1 is 1.20 bits per heavy atom. The molecule has 1 fully saturated rings. The van der Waals surface area contributed by atoms with Crippen LogP contribution in [0.5, 0.6) is 0 Å². The third-order valence-electron chi connectivity index (χ3n) is 3.91. The normalized spacial score (nSPS) is 18.7. The van der Waals surface area contributed by atoms with Gasteiger partial charge in [-0.05, 0) is 36.2 Å². The van der Waals surface area contributed by atoms with Gasteiger partial charge in [0.15, 0.2) is 9.84 Å². The van der Waals surface area contributed by atoms with E-state index in [0.29, 0.717) is 22.9 Å². The summed E-state index contributed by atoms with van der Waals surface area (Å²) in [5.74, 6) is 0.794. The summed E-state index contributed by atoms with van der Waals surface area (Å²) in [7, 11) is -2.93. The van der Waals surface area contributed by atoms with E-state index in [0.717, 1.165) is 5.56 Å². The maximum atomic E-state index is 12.0. The van der Waals surface area contributed by atoms with E-state index in [2.05, 4.69) is 15.6 Å². The summed E-state index contributed by atoms with van der Waals surface area (Å²) in [6.07, 6.45) is 2.38. The van der Waals surface area contributed by atoms with Crippen molar-refractivity contribution in [3.63, 3.8) is 0 Å². The number of hydrogen-bond acceptors (Lipinski definition) is 5. The Bertz CT molecular complexity index is 852. The molecule has 1 atom stereocenters. The van der Waals surface area contributed by atoms with Gasteiger partial charge in [-0.3, -0.25) is 4.79 Å². The molecule has 2 N–H and O–H groups in total. The van der Waals surface area contributed by atoms with Crippen LogP contribution in [-0.2, 0) is 21.1 Å². The van der Waals surface area contributed by atoms with Crippen LogP contribution in [0.1, 0.15) is 12.0 Å². The minimum atomic E-state index is -2.93. The average molecular weight is 380 g/mol. The van der Waals surface area contributed by atoms with Crippen molar-refractivity contribution in [2.75, 3.05) is 22.1 Å². The van der Waals surface area contributed by atoms with Gasteiger partial charge in [0.1, 0.15) is 5.82 Å². The largest absolute Gasteiger partial charge is 0.366 e. The van der Waals surface area contributed by atoms with E-state index >= 15 is 0 Å². The Balaban J connectivity index is 1.53. The molecule has 8 heteroatoms. The smallest absolute Gasteiger partial charge is 0.228 e. The number of nitrogens with one attached hydrogen (secondary N) is 2. The van der Waals surface area contributed by atoms with Crippen molar-refractivity contribution in [2.45, 2.75) is 18.9 Å². The number of aromatic nitrogens is 1. The van der Waals surface area contributed by atoms with E-state index in [4.69, 9.17) is 11.6 Å². The van der Waals surface area contributed by atoms with Crippen molar-refractivity contribution in [2.24, 2.45) is 0 Å². The number of carbonyl (C=O) groups excluding carboxylic acids is 1. The first-order valence-corrected chi connectivity index (χ1v) is 10.1. The predicted molar refractivity (Wildman–Crippen MR) is 98.7 cm³/mol. The van der Waals surface area contributed by atoms with Crippen LogP contribution in [0.2, 0.25) is 5.02 Å². The Kier molecular flexibility index (Phi) is 5.24. The summed E-state index contributed by atoms with van der Waals surface area (Å²) in [6, 6.07) is 10.5. The summed E-state index contributed by atoms with van der Waals surface area (Å²) in [5.41, 5.74) is 1.46. The van der Waals surface area contributed by atoms with Crippen molar-refractivity contribution >= 4 is 38.9 Å². The first kappa shape index (κ1) is 17.7. The van der Waals surface area contributed by atoms with Crippen molar-refractivity contribution in [3.05, 3.63) is 53.2 Å². The summed E-state index contributed by atoms with van der Waals surface area (Å²) in [6.45, 7) is 0. The standard InChI is InChI=1S/C17H18ClN3O3S/c18-13-3-1-12(2-4-13)9-17(22)21-14-5-6-16(19-10-14)20-15-7-8-25(23,24)11-15/h1-6,10,15H,7-9,11H2,(H,19,20)(H,21,22). The molecule has 3 rings (SSSR count). The number of rotatable bonds is 5. The molecule has 0 aliphatic carbocycles. The van der Waals surface area contributed by atoms with Crippen LogP contribution >= 0.6 is 11.6 Å². The molecular weight excluding hydrogens is 362 g/mol. The van der Waals surface area contributed by atoms with Crippen molar-refractivity contribution < 1.29 is 13.2 Å². The molecule has 1 amide bonds. The van der Waals surface area contributed by atoms with E-state index in [9.17, 15) is 13.2 Å². The van der Waals surface area contributed by atoms with Crippen LogP contribution in [0.4, 0.5) is 11.5 Å². The van der Waals surface area contributed by atoms with Crippen LogP contribution in [0, 0.1) is 0 Å². The van der Waals surface area contributed by atoms with E-state index in [1.807, 2.05) is 12.1 Å². The Morgan fingerprint density at radius 2 is 1.96 bits per heavy atom. The van der Waals surface area contributed by atoms with Gasteiger partial charge in [-0.2, -0.15) is 0 Å². The fourth-order valence-electron chi connectivity index (χ4n) is 2.66. The predicted octanol–water partition coefficient (Wildman–Crippen LogP) is 2.52. The second-order valence-electron chi connectivity index (χ2n) is 6.03. The summed E-state index contributed by atoms with van der Waals surface area (Å²) in [4.78, 5) is 16.3. The maximum Gasteiger partial charge on any atom is 0.228 e. The fourth-order valence-corrected chi connectivity index (χ4v) is 4.46. The minimum absolute atomic E-state index is 0.108. The monoisotopic (exact) mass is 379 g/mol. The lowest BCUT2D eigenvalue weighted by Gasteiger charge is -2.12. The van der Waals surface area contributed by atoms with Gasteiger partial charge in [0.05, 0.1) is 29.8 Å². The lowest BCUT2D eigenvalue weighted by Crippen LogP contribution is -2.21. The Hall–Kier alpha value is -2.12. The number of sulfone groups is 1. The quantitative estimate of drug-likeness (QED) is 0.833. The highest BCUT2D eigenvalue weighted by Crippen LogP contribution is 2.17. The van der Waals surface area contributed by atoms with E-state index in [1.54, 1.807) is 30.5 Å².